The third-order valence-electron chi connectivity index (χ3n) is 3.83. The number of quaternary nitrogens is 1. The zero-order valence-corrected chi connectivity index (χ0v) is 10.9. The van der Waals surface area contributed by atoms with Crippen molar-refractivity contribution in [2.75, 3.05) is 27.3 Å². The van der Waals surface area contributed by atoms with Gasteiger partial charge in [-0.05, 0) is 17.7 Å². The molecule has 1 aliphatic heterocycles. The van der Waals surface area contributed by atoms with Crippen LogP contribution in [-0.2, 0) is 15.1 Å². The number of likely N-dealkylation sites (tertiary alicyclic amines) is 1. The molecular formula is C14H20FNO2. The highest BCUT2D eigenvalue weighted by molar-refractivity contribution is 5.25. The Morgan fingerprint density at radius 3 is 2.56 bits per heavy atom. The van der Waals surface area contributed by atoms with Crippen molar-refractivity contribution in [3.8, 4) is 0 Å². The molecule has 0 saturated carbocycles. The predicted molar refractivity (Wildman–Crippen MR) is 66.6 cm³/mol. The van der Waals surface area contributed by atoms with E-state index in [1.807, 2.05) is 0 Å². The number of halogens is 1. The van der Waals surface area contributed by atoms with Crippen LogP contribution in [0.2, 0.25) is 0 Å². The minimum Gasteiger partial charge on any atom is -0.465 e. The minimum atomic E-state index is -0.496. The summed E-state index contributed by atoms with van der Waals surface area (Å²) in [5.74, 6) is -0.237. The van der Waals surface area contributed by atoms with E-state index >= 15 is 0 Å². The standard InChI is InChI=1S/C14H20FNO2/c1-16-9-8-14(18-3,13(10-16)17-2)11-4-6-12(15)7-5-11/h4-7,13,16H,1,8-10H2,2-3H3/t13-,14-/m0/s1. The fraction of sp³-hybridized carbons (Fsp3) is 0.500. The molecule has 3 atom stereocenters. The van der Waals surface area contributed by atoms with Gasteiger partial charge in [-0.2, -0.15) is 7.05 Å². The fourth-order valence-corrected chi connectivity index (χ4v) is 2.74. The summed E-state index contributed by atoms with van der Waals surface area (Å²) in [6, 6.07) is 6.48. The summed E-state index contributed by atoms with van der Waals surface area (Å²) in [7, 11) is 7.39. The van der Waals surface area contributed by atoms with Crippen molar-refractivity contribution < 1.29 is 18.8 Å². The average molecular weight is 253 g/mol. The van der Waals surface area contributed by atoms with Gasteiger partial charge >= 0.3 is 0 Å². The molecule has 0 radical (unpaired) electrons. The number of ether oxygens (including phenoxy) is 2. The molecule has 2 rings (SSSR count). The maximum Gasteiger partial charge on any atom is 0.137 e. The van der Waals surface area contributed by atoms with Crippen molar-refractivity contribution in [2.24, 2.45) is 0 Å². The van der Waals surface area contributed by atoms with Crippen molar-refractivity contribution in [3.63, 3.8) is 0 Å². The third-order valence-corrected chi connectivity index (χ3v) is 3.83. The minimum absolute atomic E-state index is 0.0748. The van der Waals surface area contributed by atoms with Gasteiger partial charge in [-0.25, -0.2) is 4.39 Å². The Morgan fingerprint density at radius 2 is 2.00 bits per heavy atom. The van der Waals surface area contributed by atoms with Crippen molar-refractivity contribution in [3.05, 3.63) is 42.7 Å². The van der Waals surface area contributed by atoms with Crippen LogP contribution in [-0.4, -0.2) is 33.4 Å². The second-order valence-corrected chi connectivity index (χ2v) is 4.78. The maximum atomic E-state index is 13.0. The van der Waals surface area contributed by atoms with Gasteiger partial charge in [0.05, 0.1) is 13.1 Å². The first-order valence-corrected chi connectivity index (χ1v) is 6.13. The molecule has 1 aromatic rings. The largest absolute Gasteiger partial charge is 0.465 e. The molecule has 0 bridgehead atoms. The normalized spacial score (nSPS) is 32.4. The molecule has 1 heterocycles. The van der Waals surface area contributed by atoms with Crippen LogP contribution >= 0.6 is 0 Å². The summed E-state index contributed by atoms with van der Waals surface area (Å²) < 4.78 is 24.4. The van der Waals surface area contributed by atoms with E-state index in [0.717, 1.165) is 25.1 Å². The second kappa shape index (κ2) is 5.34. The van der Waals surface area contributed by atoms with Gasteiger partial charge in [-0.3, -0.25) is 0 Å². The highest BCUT2D eigenvalue weighted by Gasteiger charge is 2.45. The molecule has 0 amide bonds. The van der Waals surface area contributed by atoms with Gasteiger partial charge in [0.25, 0.3) is 0 Å². The lowest BCUT2D eigenvalue weighted by atomic mass is 9.82. The molecule has 0 aliphatic carbocycles. The monoisotopic (exact) mass is 253 g/mol. The van der Waals surface area contributed by atoms with E-state index in [4.69, 9.17) is 9.47 Å². The summed E-state index contributed by atoms with van der Waals surface area (Å²) >= 11 is 0. The molecule has 1 fully saturated rings. The molecule has 4 heteroatoms. The van der Waals surface area contributed by atoms with E-state index < -0.39 is 5.60 Å². The lowest BCUT2D eigenvalue weighted by Gasteiger charge is -2.45. The molecule has 1 saturated heterocycles. The Balaban J connectivity index is 2.36. The Morgan fingerprint density at radius 1 is 1.33 bits per heavy atom. The van der Waals surface area contributed by atoms with Gasteiger partial charge in [0, 0.05) is 20.6 Å². The zero-order chi connectivity index (χ0) is 13.2. The molecule has 1 aliphatic rings. The van der Waals surface area contributed by atoms with Crippen LogP contribution in [0.1, 0.15) is 12.0 Å². The molecule has 3 nitrogen and oxygen atoms in total. The molecule has 100 valence electrons. The zero-order valence-electron chi connectivity index (χ0n) is 10.9. The first kappa shape index (κ1) is 13.5. The summed E-state index contributed by atoms with van der Waals surface area (Å²) in [5, 5.41) is 0. The summed E-state index contributed by atoms with van der Waals surface area (Å²) in [6.07, 6.45) is 0.737. The smallest absolute Gasteiger partial charge is 0.137 e. The number of hydrogen-bond acceptors (Lipinski definition) is 2. The van der Waals surface area contributed by atoms with Crippen LogP contribution in [0.5, 0.6) is 0 Å². The molecule has 18 heavy (non-hydrogen) atoms. The number of piperidine rings is 1. The van der Waals surface area contributed by atoms with Gasteiger partial charge in [-0.15, -0.1) is 0 Å². The van der Waals surface area contributed by atoms with E-state index in [-0.39, 0.29) is 11.9 Å². The van der Waals surface area contributed by atoms with Crippen LogP contribution < -0.4 is 4.90 Å². The first-order valence-electron chi connectivity index (χ1n) is 6.13. The molecule has 0 spiro atoms. The summed E-state index contributed by atoms with van der Waals surface area (Å²) in [6.45, 7) is 1.69. The molecule has 0 aromatic heterocycles. The van der Waals surface area contributed by atoms with Crippen LogP contribution in [0.4, 0.5) is 4.39 Å². The van der Waals surface area contributed by atoms with Crippen molar-refractivity contribution in [1.82, 2.24) is 0 Å². The number of benzene rings is 1. The Labute approximate surface area is 107 Å². The van der Waals surface area contributed by atoms with Crippen LogP contribution in [0, 0.1) is 12.9 Å². The number of rotatable bonds is 3. The van der Waals surface area contributed by atoms with E-state index in [0.29, 0.717) is 0 Å². The van der Waals surface area contributed by atoms with Crippen molar-refractivity contribution in [2.45, 2.75) is 18.1 Å². The highest BCUT2D eigenvalue weighted by Crippen LogP contribution is 2.35. The highest BCUT2D eigenvalue weighted by atomic mass is 19.1. The Bertz CT molecular complexity index is 395. The van der Waals surface area contributed by atoms with E-state index in [9.17, 15) is 4.39 Å². The lowest BCUT2D eigenvalue weighted by molar-refractivity contribution is -0.867. The van der Waals surface area contributed by atoms with E-state index in [1.54, 1.807) is 26.4 Å². The topological polar surface area (TPSA) is 22.9 Å². The average Bonchev–Trinajstić information content (AvgIpc) is 2.40. The van der Waals surface area contributed by atoms with E-state index in [1.165, 1.54) is 17.0 Å². The molecule has 1 N–H and O–H groups in total. The van der Waals surface area contributed by atoms with Crippen LogP contribution in [0.15, 0.2) is 24.3 Å². The number of methoxy groups -OCH3 is 2. The number of nitrogens with one attached hydrogen (secondary N) is 1. The molecule has 1 unspecified atom stereocenters. The van der Waals surface area contributed by atoms with Crippen LogP contribution in [0.3, 0.4) is 0 Å². The Kier molecular flexibility index (Phi) is 4.00. The fourth-order valence-electron chi connectivity index (χ4n) is 2.74. The SMILES string of the molecule is [CH2-][NH+]1CC[C@](OC)(c2ccc(F)cc2)[C@@H](OC)C1. The predicted octanol–water partition coefficient (Wildman–Crippen LogP) is 0.763. The number of hydrogen-bond donors (Lipinski definition) is 1. The Hall–Kier alpha value is -0.970. The molecular weight excluding hydrogens is 233 g/mol. The van der Waals surface area contributed by atoms with Gasteiger partial charge in [0.2, 0.25) is 0 Å². The third kappa shape index (κ3) is 2.28. The van der Waals surface area contributed by atoms with Gasteiger partial charge in [-0.1, -0.05) is 12.1 Å². The summed E-state index contributed by atoms with van der Waals surface area (Å²) in [5.41, 5.74) is 0.467. The van der Waals surface area contributed by atoms with Gasteiger partial charge < -0.3 is 14.4 Å². The maximum absolute atomic E-state index is 13.0. The van der Waals surface area contributed by atoms with Crippen molar-refractivity contribution >= 4 is 0 Å². The van der Waals surface area contributed by atoms with Crippen LogP contribution in [0.25, 0.3) is 0 Å². The van der Waals surface area contributed by atoms with Crippen molar-refractivity contribution in [1.29, 1.82) is 0 Å². The quantitative estimate of drug-likeness (QED) is 0.804. The first-order chi connectivity index (χ1) is 8.62. The van der Waals surface area contributed by atoms with E-state index in [2.05, 4.69) is 7.05 Å². The second-order valence-electron chi connectivity index (χ2n) is 4.78. The van der Waals surface area contributed by atoms with Gasteiger partial charge in [0.15, 0.2) is 0 Å². The molecule has 1 aromatic carbocycles. The van der Waals surface area contributed by atoms with Gasteiger partial charge in [0.1, 0.15) is 17.5 Å². The summed E-state index contributed by atoms with van der Waals surface area (Å²) in [4.78, 5) is 1.18. The lowest BCUT2D eigenvalue weighted by Crippen LogP contribution is -3.10.